The van der Waals surface area contributed by atoms with Crippen molar-refractivity contribution in [3.8, 4) is 0 Å². The summed E-state index contributed by atoms with van der Waals surface area (Å²) < 4.78 is 0. The normalized spacial score (nSPS) is 39.0. The molecule has 0 radical (unpaired) electrons. The highest BCUT2D eigenvalue weighted by atomic mass is 16.3. The molecule has 0 heterocycles. The molecule has 13 heavy (non-hydrogen) atoms. The van der Waals surface area contributed by atoms with Crippen LogP contribution >= 0.6 is 0 Å². The van der Waals surface area contributed by atoms with E-state index in [1.165, 1.54) is 19.3 Å². The van der Waals surface area contributed by atoms with Crippen molar-refractivity contribution in [2.24, 2.45) is 23.0 Å². The summed E-state index contributed by atoms with van der Waals surface area (Å²) in [5, 5.41) is 9.61. The number of hydrogen-bond acceptors (Lipinski definition) is 2. The summed E-state index contributed by atoms with van der Waals surface area (Å²) in [5.41, 5.74) is 6.07. The molecule has 78 valence electrons. The second-order valence-electron chi connectivity index (χ2n) is 4.94. The Hall–Kier alpha value is -0.0800. The Morgan fingerprint density at radius 3 is 2.46 bits per heavy atom. The lowest BCUT2D eigenvalue weighted by molar-refractivity contribution is 0.0439. The Bertz CT molecular complexity index is 169. The number of hydrogen-bond donors (Lipinski definition) is 2. The zero-order valence-electron chi connectivity index (χ0n) is 9.09. The van der Waals surface area contributed by atoms with Gasteiger partial charge in [-0.25, -0.2) is 0 Å². The van der Waals surface area contributed by atoms with Crippen molar-refractivity contribution >= 4 is 0 Å². The Morgan fingerprint density at radius 2 is 2.15 bits per heavy atom. The molecule has 4 atom stereocenters. The van der Waals surface area contributed by atoms with Gasteiger partial charge in [0, 0.05) is 0 Å². The predicted molar refractivity (Wildman–Crippen MR) is 55.3 cm³/mol. The molecule has 0 bridgehead atoms. The first-order valence-electron chi connectivity index (χ1n) is 5.40. The Morgan fingerprint density at radius 1 is 1.54 bits per heavy atom. The summed E-state index contributed by atoms with van der Waals surface area (Å²) in [6.07, 6.45) is 3.43. The van der Waals surface area contributed by atoms with Crippen LogP contribution in [0.25, 0.3) is 0 Å². The third-order valence-electron chi connectivity index (χ3n) is 3.99. The SMILES string of the molecule is CC1CCC(CN)(C(C)C(C)O)C1. The molecular weight excluding hydrogens is 162 g/mol. The monoisotopic (exact) mass is 185 g/mol. The third-order valence-corrected chi connectivity index (χ3v) is 3.99. The minimum atomic E-state index is -0.228. The van der Waals surface area contributed by atoms with Gasteiger partial charge in [-0.1, -0.05) is 20.3 Å². The van der Waals surface area contributed by atoms with E-state index in [0.29, 0.717) is 5.92 Å². The van der Waals surface area contributed by atoms with Crippen molar-refractivity contribution in [1.29, 1.82) is 0 Å². The summed E-state index contributed by atoms with van der Waals surface area (Å²) in [6.45, 7) is 7.02. The molecule has 0 aromatic heterocycles. The van der Waals surface area contributed by atoms with Crippen molar-refractivity contribution in [2.75, 3.05) is 6.54 Å². The highest BCUT2D eigenvalue weighted by Gasteiger charge is 2.42. The van der Waals surface area contributed by atoms with Gasteiger partial charge in [0.2, 0.25) is 0 Å². The summed E-state index contributed by atoms with van der Waals surface area (Å²) in [4.78, 5) is 0. The number of nitrogens with two attached hydrogens (primary N) is 1. The first-order valence-corrected chi connectivity index (χ1v) is 5.40. The van der Waals surface area contributed by atoms with Gasteiger partial charge >= 0.3 is 0 Å². The van der Waals surface area contributed by atoms with Crippen molar-refractivity contribution in [1.82, 2.24) is 0 Å². The van der Waals surface area contributed by atoms with Crippen LogP contribution in [0.3, 0.4) is 0 Å². The van der Waals surface area contributed by atoms with Gasteiger partial charge in [0.15, 0.2) is 0 Å². The van der Waals surface area contributed by atoms with E-state index >= 15 is 0 Å². The lowest BCUT2D eigenvalue weighted by Crippen LogP contribution is -2.39. The number of aliphatic hydroxyl groups is 1. The smallest absolute Gasteiger partial charge is 0.0543 e. The van der Waals surface area contributed by atoms with E-state index in [9.17, 15) is 5.11 Å². The van der Waals surface area contributed by atoms with Crippen molar-refractivity contribution in [2.45, 2.75) is 46.1 Å². The Labute approximate surface area is 81.5 Å². The molecule has 0 aliphatic heterocycles. The van der Waals surface area contributed by atoms with Gasteiger partial charge in [0.25, 0.3) is 0 Å². The van der Waals surface area contributed by atoms with Gasteiger partial charge in [-0.2, -0.15) is 0 Å². The van der Waals surface area contributed by atoms with Gasteiger partial charge < -0.3 is 10.8 Å². The molecule has 3 N–H and O–H groups in total. The lowest BCUT2D eigenvalue weighted by atomic mass is 9.72. The fourth-order valence-corrected chi connectivity index (χ4v) is 2.73. The van der Waals surface area contributed by atoms with Crippen molar-refractivity contribution in [3.63, 3.8) is 0 Å². The molecule has 0 saturated heterocycles. The third kappa shape index (κ3) is 2.05. The van der Waals surface area contributed by atoms with Crippen LogP contribution in [-0.2, 0) is 0 Å². The van der Waals surface area contributed by atoms with Crippen molar-refractivity contribution in [3.05, 3.63) is 0 Å². The summed E-state index contributed by atoms with van der Waals surface area (Å²) in [5.74, 6) is 1.12. The van der Waals surface area contributed by atoms with Crippen LogP contribution in [-0.4, -0.2) is 17.8 Å². The molecule has 0 aromatic carbocycles. The van der Waals surface area contributed by atoms with E-state index in [-0.39, 0.29) is 11.5 Å². The lowest BCUT2D eigenvalue weighted by Gasteiger charge is -2.36. The maximum Gasteiger partial charge on any atom is 0.0543 e. The van der Waals surface area contributed by atoms with E-state index < -0.39 is 0 Å². The zero-order valence-corrected chi connectivity index (χ0v) is 9.09. The van der Waals surface area contributed by atoms with Gasteiger partial charge in [0.1, 0.15) is 0 Å². The molecule has 0 amide bonds. The maximum absolute atomic E-state index is 9.61. The topological polar surface area (TPSA) is 46.2 Å². The molecule has 0 spiro atoms. The first kappa shape index (κ1) is 11.0. The minimum Gasteiger partial charge on any atom is -0.393 e. The van der Waals surface area contributed by atoms with Crippen LogP contribution in [0.5, 0.6) is 0 Å². The molecule has 1 saturated carbocycles. The minimum absolute atomic E-state index is 0.216. The average Bonchev–Trinajstić information content (AvgIpc) is 2.47. The van der Waals surface area contributed by atoms with Crippen LogP contribution in [0.4, 0.5) is 0 Å². The van der Waals surface area contributed by atoms with Gasteiger partial charge in [-0.05, 0) is 43.6 Å². The molecule has 1 aliphatic rings. The number of rotatable bonds is 3. The second kappa shape index (κ2) is 3.97. The molecule has 1 aliphatic carbocycles. The van der Waals surface area contributed by atoms with Gasteiger partial charge in [0.05, 0.1) is 6.10 Å². The molecule has 0 aromatic rings. The van der Waals surface area contributed by atoms with E-state index in [4.69, 9.17) is 5.73 Å². The molecule has 2 heteroatoms. The van der Waals surface area contributed by atoms with E-state index in [2.05, 4.69) is 13.8 Å². The average molecular weight is 185 g/mol. The van der Waals surface area contributed by atoms with Crippen LogP contribution < -0.4 is 5.73 Å². The molecular formula is C11H23NO. The fraction of sp³-hybridized carbons (Fsp3) is 1.00. The van der Waals surface area contributed by atoms with Crippen LogP contribution in [0.15, 0.2) is 0 Å². The van der Waals surface area contributed by atoms with E-state index in [1.807, 2.05) is 6.92 Å². The molecule has 4 unspecified atom stereocenters. The van der Waals surface area contributed by atoms with Crippen LogP contribution in [0, 0.1) is 17.3 Å². The zero-order chi connectivity index (χ0) is 10.1. The Kier molecular flexibility index (Phi) is 3.36. The summed E-state index contributed by atoms with van der Waals surface area (Å²) >= 11 is 0. The Balaban J connectivity index is 2.70. The van der Waals surface area contributed by atoms with Gasteiger partial charge in [-0.15, -0.1) is 0 Å². The second-order valence-corrected chi connectivity index (χ2v) is 4.94. The maximum atomic E-state index is 9.61. The summed E-state index contributed by atoms with van der Waals surface area (Å²) in [7, 11) is 0. The number of aliphatic hydroxyl groups excluding tert-OH is 1. The van der Waals surface area contributed by atoms with Crippen LogP contribution in [0.1, 0.15) is 40.0 Å². The van der Waals surface area contributed by atoms with E-state index in [1.54, 1.807) is 0 Å². The van der Waals surface area contributed by atoms with Gasteiger partial charge in [-0.3, -0.25) is 0 Å². The molecule has 1 fully saturated rings. The van der Waals surface area contributed by atoms with Crippen molar-refractivity contribution < 1.29 is 5.11 Å². The molecule has 1 rings (SSSR count). The highest BCUT2D eigenvalue weighted by molar-refractivity contribution is 4.93. The standard InChI is InChI=1S/C11H23NO/c1-8-4-5-11(6-8,7-12)9(2)10(3)13/h8-10,13H,4-7,12H2,1-3H3. The largest absolute Gasteiger partial charge is 0.393 e. The quantitative estimate of drug-likeness (QED) is 0.704. The predicted octanol–water partition coefficient (Wildman–Crippen LogP) is 1.77. The van der Waals surface area contributed by atoms with E-state index in [0.717, 1.165) is 12.5 Å². The highest BCUT2D eigenvalue weighted by Crippen LogP contribution is 2.47. The summed E-state index contributed by atoms with van der Waals surface area (Å²) in [6, 6.07) is 0. The van der Waals surface area contributed by atoms with Crippen LogP contribution in [0.2, 0.25) is 0 Å². The fourth-order valence-electron chi connectivity index (χ4n) is 2.73. The molecule has 2 nitrogen and oxygen atoms in total. The first-order chi connectivity index (χ1) is 6.02.